The highest BCUT2D eigenvalue weighted by Gasteiger charge is 2.30. The Bertz CT molecular complexity index is 1990. The van der Waals surface area contributed by atoms with Crippen LogP contribution in [0.1, 0.15) is 452 Å². The lowest BCUT2D eigenvalue weighted by molar-refractivity contribution is -0.161. The molecule has 0 bridgehead atoms. The molecule has 2 unspecified atom stereocenters. The van der Waals surface area contributed by atoms with Gasteiger partial charge in [-0.1, -0.05) is 401 Å². The van der Waals surface area contributed by atoms with Crippen molar-refractivity contribution in [1.82, 2.24) is 0 Å². The molecule has 0 saturated carbocycles. The summed E-state index contributed by atoms with van der Waals surface area (Å²) in [6, 6.07) is 0. The molecule has 618 valence electrons. The van der Waals surface area contributed by atoms with Gasteiger partial charge in [-0.3, -0.25) is 37.3 Å². The number of aliphatic hydroxyl groups excluding tert-OH is 1. The number of aliphatic hydroxyl groups is 1. The van der Waals surface area contributed by atoms with Crippen molar-refractivity contribution in [1.29, 1.82) is 0 Å². The van der Waals surface area contributed by atoms with Gasteiger partial charge < -0.3 is 33.8 Å². The number of ether oxygens (including phenoxy) is 4. The number of phosphoric ester groups is 2. The zero-order valence-corrected chi connectivity index (χ0v) is 70.1. The van der Waals surface area contributed by atoms with Crippen LogP contribution in [0.5, 0.6) is 0 Å². The maximum Gasteiger partial charge on any atom is 0.472 e. The predicted octanol–water partition coefficient (Wildman–Crippen LogP) is 25.8. The van der Waals surface area contributed by atoms with E-state index in [0.29, 0.717) is 25.7 Å². The molecule has 0 aromatic heterocycles. The Morgan fingerprint density at radius 3 is 0.654 bits per heavy atom. The average Bonchev–Trinajstić information content (AvgIpc) is 0.907. The Balaban J connectivity index is 5.19. The smallest absolute Gasteiger partial charge is 0.462 e. The minimum atomic E-state index is -4.96. The van der Waals surface area contributed by atoms with Crippen LogP contribution < -0.4 is 0 Å². The molecule has 5 atom stereocenters. The fourth-order valence-corrected chi connectivity index (χ4v) is 14.8. The van der Waals surface area contributed by atoms with E-state index in [1.165, 1.54) is 270 Å². The average molecular weight is 1520 g/mol. The number of hydrogen-bond donors (Lipinski definition) is 3. The van der Waals surface area contributed by atoms with E-state index in [1.54, 1.807) is 0 Å². The van der Waals surface area contributed by atoms with Crippen molar-refractivity contribution in [2.75, 3.05) is 39.6 Å². The Labute approximate surface area is 638 Å². The molecule has 0 aromatic rings. The number of carbonyl (C=O) groups excluding carboxylic acids is 4. The lowest BCUT2D eigenvalue weighted by Crippen LogP contribution is -2.30. The van der Waals surface area contributed by atoms with Gasteiger partial charge in [0.2, 0.25) is 0 Å². The van der Waals surface area contributed by atoms with Gasteiger partial charge in [-0.15, -0.1) is 0 Å². The molecule has 104 heavy (non-hydrogen) atoms. The summed E-state index contributed by atoms with van der Waals surface area (Å²) in [6.07, 6.45) is 68.1. The van der Waals surface area contributed by atoms with Gasteiger partial charge >= 0.3 is 39.5 Å². The molecule has 0 rings (SSSR count). The molecular weight excluding hydrogens is 1350 g/mol. The van der Waals surface area contributed by atoms with Crippen molar-refractivity contribution < 1.29 is 80.2 Å². The van der Waals surface area contributed by atoms with Crippen LogP contribution in [0.4, 0.5) is 0 Å². The summed E-state index contributed by atoms with van der Waals surface area (Å²) in [4.78, 5) is 73.1. The largest absolute Gasteiger partial charge is 0.472 e. The second kappa shape index (κ2) is 76.4. The Morgan fingerprint density at radius 1 is 0.260 bits per heavy atom. The maximum absolute atomic E-state index is 13.1. The number of esters is 4. The van der Waals surface area contributed by atoms with Crippen LogP contribution in [0.25, 0.3) is 0 Å². The molecule has 0 radical (unpaired) electrons. The second-order valence-electron chi connectivity index (χ2n) is 31.5. The summed E-state index contributed by atoms with van der Waals surface area (Å²) in [5.74, 6) is -0.461. The van der Waals surface area contributed by atoms with E-state index in [9.17, 15) is 43.2 Å². The number of phosphoric acid groups is 2. The van der Waals surface area contributed by atoms with Gasteiger partial charge in [0.15, 0.2) is 12.2 Å². The highest BCUT2D eigenvalue weighted by Crippen LogP contribution is 2.45. The summed E-state index contributed by atoms with van der Waals surface area (Å²) < 4.78 is 68.8. The summed E-state index contributed by atoms with van der Waals surface area (Å²) >= 11 is 0. The summed E-state index contributed by atoms with van der Waals surface area (Å²) in [5.41, 5.74) is 0. The molecule has 0 aliphatic carbocycles. The second-order valence-corrected chi connectivity index (χ2v) is 34.4. The minimum Gasteiger partial charge on any atom is -0.462 e. The molecule has 0 aromatic carbocycles. The molecule has 0 spiro atoms. The van der Waals surface area contributed by atoms with E-state index < -0.39 is 97.5 Å². The molecule has 0 amide bonds. The zero-order valence-electron chi connectivity index (χ0n) is 68.3. The van der Waals surface area contributed by atoms with E-state index in [1.807, 2.05) is 0 Å². The molecule has 0 aliphatic heterocycles. The van der Waals surface area contributed by atoms with Crippen LogP contribution in [0.3, 0.4) is 0 Å². The summed E-state index contributed by atoms with van der Waals surface area (Å²) in [5, 5.41) is 10.7. The van der Waals surface area contributed by atoms with E-state index in [2.05, 4.69) is 41.5 Å². The van der Waals surface area contributed by atoms with Gasteiger partial charge in [0.05, 0.1) is 26.4 Å². The molecule has 19 heteroatoms. The van der Waals surface area contributed by atoms with Crippen LogP contribution >= 0.6 is 15.6 Å². The fraction of sp³-hybridized carbons (Fsp3) is 0.953. The number of hydrogen-bond acceptors (Lipinski definition) is 15. The van der Waals surface area contributed by atoms with Crippen molar-refractivity contribution in [3.05, 3.63) is 0 Å². The maximum atomic E-state index is 13.1. The molecule has 3 N–H and O–H groups in total. The molecule has 0 saturated heterocycles. The number of unbranched alkanes of at least 4 members (excludes halogenated alkanes) is 54. The highest BCUT2D eigenvalue weighted by molar-refractivity contribution is 7.47. The third-order valence-electron chi connectivity index (χ3n) is 20.0. The quantitative estimate of drug-likeness (QED) is 0.0222. The molecule has 17 nitrogen and oxygen atoms in total. The topological polar surface area (TPSA) is 237 Å². The first kappa shape index (κ1) is 102. The Kier molecular flexibility index (Phi) is 75.0. The normalized spacial score (nSPS) is 13.8. The molecular formula is C85H166O17P2. The predicted molar refractivity (Wildman–Crippen MR) is 428 cm³/mol. The third-order valence-corrected chi connectivity index (χ3v) is 21.9. The van der Waals surface area contributed by atoms with E-state index in [0.717, 1.165) is 102 Å². The zero-order chi connectivity index (χ0) is 76.4. The van der Waals surface area contributed by atoms with Crippen molar-refractivity contribution in [3.63, 3.8) is 0 Å². The van der Waals surface area contributed by atoms with E-state index >= 15 is 0 Å². The Morgan fingerprint density at radius 2 is 0.442 bits per heavy atom. The number of rotatable bonds is 84. The van der Waals surface area contributed by atoms with Gasteiger partial charge in [-0.25, -0.2) is 9.13 Å². The Hall–Kier alpha value is -1.94. The van der Waals surface area contributed by atoms with Crippen LogP contribution in [-0.2, 0) is 65.4 Å². The highest BCUT2D eigenvalue weighted by atomic mass is 31.2. The van der Waals surface area contributed by atoms with Gasteiger partial charge in [-0.05, 0) is 37.5 Å². The third kappa shape index (κ3) is 78.2. The van der Waals surface area contributed by atoms with E-state index in [-0.39, 0.29) is 25.7 Å². The monoisotopic (exact) mass is 1520 g/mol. The first-order valence-electron chi connectivity index (χ1n) is 44.0. The molecule has 0 aliphatic rings. The fourth-order valence-electron chi connectivity index (χ4n) is 13.2. The summed E-state index contributed by atoms with van der Waals surface area (Å²) in [6.45, 7) is 9.72. The van der Waals surface area contributed by atoms with Crippen LogP contribution in [-0.4, -0.2) is 96.7 Å². The minimum absolute atomic E-state index is 0.108. The van der Waals surface area contributed by atoms with Crippen LogP contribution in [0, 0.1) is 11.8 Å². The van der Waals surface area contributed by atoms with Gasteiger partial charge in [0, 0.05) is 25.7 Å². The lowest BCUT2D eigenvalue weighted by Gasteiger charge is -2.21. The van der Waals surface area contributed by atoms with Gasteiger partial charge in [0.25, 0.3) is 0 Å². The lowest BCUT2D eigenvalue weighted by atomic mass is 10.0. The van der Waals surface area contributed by atoms with Crippen molar-refractivity contribution >= 4 is 39.5 Å². The standard InChI is InChI=1S/C85H166O17P2/c1-7-9-11-13-15-17-18-31-39-45-51-57-63-69-84(89)101-80(73-95-82(87)67-61-55-49-41-16-14-12-10-8-2)75-99-103(91,92)97-71-79(86)72-98-104(93,94)100-76-81(102-85(90)70-64-58-52-46-40-35-30-26-22-20-24-28-33-37-43-48-54-60-66-78(5)6)74-96-83(88)68-62-56-50-44-38-34-29-25-21-19-23-27-32-36-42-47-53-59-65-77(3)4/h77-81,86H,7-76H2,1-6H3,(H,91,92)(H,93,94)/t79-,80+,81+/m0/s1. The molecule has 0 heterocycles. The van der Waals surface area contributed by atoms with Crippen molar-refractivity contribution in [2.24, 2.45) is 11.8 Å². The van der Waals surface area contributed by atoms with Gasteiger partial charge in [-0.2, -0.15) is 0 Å². The first-order chi connectivity index (χ1) is 50.4. The SMILES string of the molecule is CCCCCCCCCCCCCCCC(=O)O[C@H](COC(=O)CCCCCCCCCCC)COP(=O)(O)OC[C@H](O)COP(=O)(O)OC[C@@H](COC(=O)CCCCCCCCCCCCCCCCCCCCC(C)C)OC(=O)CCCCCCCCCCCCCCCCCCCCC(C)C. The molecule has 0 fully saturated rings. The van der Waals surface area contributed by atoms with Crippen molar-refractivity contribution in [3.8, 4) is 0 Å². The van der Waals surface area contributed by atoms with E-state index in [4.69, 9.17) is 37.0 Å². The summed E-state index contributed by atoms with van der Waals surface area (Å²) in [7, 11) is -9.92. The van der Waals surface area contributed by atoms with Crippen LogP contribution in [0.15, 0.2) is 0 Å². The van der Waals surface area contributed by atoms with Gasteiger partial charge in [0.1, 0.15) is 19.3 Å². The van der Waals surface area contributed by atoms with Crippen LogP contribution in [0.2, 0.25) is 0 Å². The first-order valence-corrected chi connectivity index (χ1v) is 47.0. The van der Waals surface area contributed by atoms with Crippen molar-refractivity contribution in [2.45, 2.75) is 471 Å². The number of carbonyl (C=O) groups is 4.